The van der Waals surface area contributed by atoms with Gasteiger partial charge in [0.1, 0.15) is 5.75 Å². The molecule has 0 aliphatic carbocycles. The van der Waals surface area contributed by atoms with Crippen LogP contribution < -0.4 is 15.0 Å². The fourth-order valence-corrected chi connectivity index (χ4v) is 2.37. The van der Waals surface area contributed by atoms with Crippen molar-refractivity contribution in [2.45, 2.75) is 0 Å². The van der Waals surface area contributed by atoms with Crippen LogP contribution in [0.3, 0.4) is 0 Å². The van der Waals surface area contributed by atoms with Gasteiger partial charge in [0.25, 0.3) is 0 Å². The molecular weight excluding hydrogens is 264 g/mol. The molecule has 1 heterocycles. The van der Waals surface area contributed by atoms with E-state index in [1.54, 1.807) is 12.0 Å². The first-order valence-electron chi connectivity index (χ1n) is 6.76. The smallest absolute Gasteiger partial charge is 0.326 e. The van der Waals surface area contributed by atoms with Crippen molar-refractivity contribution in [3.63, 3.8) is 0 Å². The molecule has 4 nitrogen and oxygen atoms in total. The highest BCUT2D eigenvalue weighted by Gasteiger charge is 2.23. The Morgan fingerprint density at radius 3 is 2.48 bits per heavy atom. The predicted octanol–water partition coefficient (Wildman–Crippen LogP) is 3.27. The molecule has 2 aromatic rings. The van der Waals surface area contributed by atoms with Crippen LogP contribution in [0.1, 0.15) is 5.56 Å². The number of ether oxygens (including phenoxy) is 1. The lowest BCUT2D eigenvalue weighted by atomic mass is 10.1. The van der Waals surface area contributed by atoms with Crippen molar-refractivity contribution in [3.05, 3.63) is 66.2 Å². The standard InChI is InChI=1S/C17H16N2O2/c1-21-16-10-6-5-9-15(16)19-12-11-14(18-17(19)20)13-7-3-2-4-8-13/h2-11H,12H2,1H3,(H,18,20). The first-order chi connectivity index (χ1) is 10.3. The number of methoxy groups -OCH3 is 1. The van der Waals surface area contributed by atoms with Gasteiger partial charge in [-0.25, -0.2) is 4.79 Å². The summed E-state index contributed by atoms with van der Waals surface area (Å²) < 4.78 is 5.32. The molecule has 1 N–H and O–H groups in total. The number of hydrogen-bond donors (Lipinski definition) is 1. The minimum absolute atomic E-state index is 0.152. The van der Waals surface area contributed by atoms with Crippen molar-refractivity contribution < 1.29 is 9.53 Å². The topological polar surface area (TPSA) is 41.6 Å². The summed E-state index contributed by atoms with van der Waals surface area (Å²) in [5, 5.41) is 2.93. The number of rotatable bonds is 3. The molecule has 4 heteroatoms. The number of anilines is 1. The highest BCUT2D eigenvalue weighted by molar-refractivity contribution is 6.00. The Bertz CT molecular complexity index is 680. The van der Waals surface area contributed by atoms with Crippen LogP contribution in [-0.2, 0) is 0 Å². The Balaban J connectivity index is 1.89. The second kappa shape index (κ2) is 5.71. The molecule has 1 aliphatic rings. The zero-order valence-corrected chi connectivity index (χ0v) is 11.7. The summed E-state index contributed by atoms with van der Waals surface area (Å²) in [6, 6.07) is 17.2. The molecule has 0 fully saturated rings. The van der Waals surface area contributed by atoms with Crippen LogP contribution in [0.15, 0.2) is 60.7 Å². The molecule has 0 unspecified atom stereocenters. The van der Waals surface area contributed by atoms with Crippen molar-refractivity contribution in [2.24, 2.45) is 0 Å². The van der Waals surface area contributed by atoms with Crippen LogP contribution in [0.5, 0.6) is 5.75 Å². The van der Waals surface area contributed by atoms with Crippen LogP contribution in [0, 0.1) is 0 Å². The van der Waals surface area contributed by atoms with E-state index in [1.165, 1.54) is 0 Å². The van der Waals surface area contributed by atoms with Gasteiger partial charge < -0.3 is 10.1 Å². The first kappa shape index (κ1) is 13.2. The van der Waals surface area contributed by atoms with Gasteiger partial charge >= 0.3 is 6.03 Å². The number of carbonyl (C=O) groups excluding carboxylic acids is 1. The summed E-state index contributed by atoms with van der Waals surface area (Å²) in [5.74, 6) is 0.684. The molecule has 3 rings (SSSR count). The van der Waals surface area contributed by atoms with Gasteiger partial charge in [-0.05, 0) is 23.8 Å². The van der Waals surface area contributed by atoms with E-state index in [-0.39, 0.29) is 6.03 Å². The van der Waals surface area contributed by atoms with E-state index in [0.717, 1.165) is 16.9 Å². The van der Waals surface area contributed by atoms with Gasteiger partial charge in [-0.1, -0.05) is 42.5 Å². The lowest BCUT2D eigenvalue weighted by molar-refractivity contribution is 0.249. The van der Waals surface area contributed by atoms with E-state index < -0.39 is 0 Å². The molecule has 2 aromatic carbocycles. The minimum Gasteiger partial charge on any atom is -0.495 e. The van der Waals surface area contributed by atoms with Crippen molar-refractivity contribution in [1.29, 1.82) is 0 Å². The number of benzene rings is 2. The predicted molar refractivity (Wildman–Crippen MR) is 83.3 cm³/mol. The summed E-state index contributed by atoms with van der Waals surface area (Å²) in [6.45, 7) is 0.510. The highest BCUT2D eigenvalue weighted by atomic mass is 16.5. The Morgan fingerprint density at radius 1 is 1.05 bits per heavy atom. The van der Waals surface area contributed by atoms with E-state index >= 15 is 0 Å². The molecule has 106 valence electrons. The summed E-state index contributed by atoms with van der Waals surface area (Å²) in [5.41, 5.74) is 2.61. The quantitative estimate of drug-likeness (QED) is 0.937. The maximum absolute atomic E-state index is 12.4. The van der Waals surface area contributed by atoms with Crippen molar-refractivity contribution in [3.8, 4) is 5.75 Å². The largest absolute Gasteiger partial charge is 0.495 e. The van der Waals surface area contributed by atoms with E-state index in [1.807, 2.05) is 60.7 Å². The molecule has 0 radical (unpaired) electrons. The van der Waals surface area contributed by atoms with Gasteiger partial charge in [0.15, 0.2) is 0 Å². The maximum atomic E-state index is 12.4. The molecule has 1 aliphatic heterocycles. The fourth-order valence-electron chi connectivity index (χ4n) is 2.37. The Kier molecular flexibility index (Phi) is 3.60. The number of nitrogens with zero attached hydrogens (tertiary/aromatic N) is 1. The molecule has 2 amide bonds. The van der Waals surface area contributed by atoms with Crippen molar-refractivity contribution >= 4 is 17.4 Å². The molecule has 21 heavy (non-hydrogen) atoms. The van der Waals surface area contributed by atoms with Crippen LogP contribution >= 0.6 is 0 Å². The Morgan fingerprint density at radius 2 is 1.76 bits per heavy atom. The third kappa shape index (κ3) is 2.60. The van der Waals surface area contributed by atoms with Crippen LogP contribution in [0.25, 0.3) is 5.70 Å². The van der Waals surface area contributed by atoms with Gasteiger partial charge in [0.05, 0.1) is 12.8 Å². The summed E-state index contributed by atoms with van der Waals surface area (Å²) in [7, 11) is 1.60. The second-order valence-corrected chi connectivity index (χ2v) is 4.70. The molecule has 0 spiro atoms. The number of nitrogens with one attached hydrogen (secondary N) is 1. The van der Waals surface area contributed by atoms with Gasteiger partial charge in [-0.15, -0.1) is 0 Å². The summed E-state index contributed by atoms with van der Waals surface area (Å²) in [4.78, 5) is 14.0. The summed E-state index contributed by atoms with van der Waals surface area (Å²) in [6.07, 6.45) is 2.00. The highest BCUT2D eigenvalue weighted by Crippen LogP contribution is 2.29. The molecule has 0 saturated carbocycles. The molecule has 0 atom stereocenters. The van der Waals surface area contributed by atoms with Crippen LogP contribution in [-0.4, -0.2) is 19.7 Å². The molecular formula is C17H16N2O2. The van der Waals surface area contributed by atoms with Gasteiger partial charge in [-0.3, -0.25) is 4.90 Å². The molecule has 0 bridgehead atoms. The van der Waals surface area contributed by atoms with Crippen LogP contribution in [0.4, 0.5) is 10.5 Å². The third-order valence-electron chi connectivity index (χ3n) is 3.43. The number of amides is 2. The van der Waals surface area contributed by atoms with E-state index in [2.05, 4.69) is 5.32 Å². The minimum atomic E-state index is -0.152. The summed E-state index contributed by atoms with van der Waals surface area (Å²) >= 11 is 0. The SMILES string of the molecule is COc1ccccc1N1CC=C(c2ccccc2)NC1=O. The van der Waals surface area contributed by atoms with Crippen molar-refractivity contribution in [1.82, 2.24) is 5.32 Å². The van der Waals surface area contributed by atoms with Gasteiger partial charge in [0, 0.05) is 12.2 Å². The normalized spacial score (nSPS) is 14.4. The average Bonchev–Trinajstić information content (AvgIpc) is 2.55. The van der Waals surface area contributed by atoms with Crippen LogP contribution in [0.2, 0.25) is 0 Å². The fraction of sp³-hybridized carbons (Fsp3) is 0.118. The lowest BCUT2D eigenvalue weighted by Crippen LogP contribution is -2.43. The molecule has 0 aromatic heterocycles. The number of carbonyl (C=O) groups is 1. The lowest BCUT2D eigenvalue weighted by Gasteiger charge is -2.28. The zero-order valence-electron chi connectivity index (χ0n) is 11.7. The van der Waals surface area contributed by atoms with E-state index in [9.17, 15) is 4.79 Å². The van der Waals surface area contributed by atoms with Crippen molar-refractivity contribution in [2.75, 3.05) is 18.6 Å². The molecule has 0 saturated heterocycles. The number of urea groups is 1. The van der Waals surface area contributed by atoms with Gasteiger partial charge in [-0.2, -0.15) is 0 Å². The zero-order chi connectivity index (χ0) is 14.7. The first-order valence-corrected chi connectivity index (χ1v) is 6.76. The average molecular weight is 280 g/mol. The Hall–Kier alpha value is -2.75. The second-order valence-electron chi connectivity index (χ2n) is 4.70. The van der Waals surface area contributed by atoms with Gasteiger partial charge in [0.2, 0.25) is 0 Å². The third-order valence-corrected chi connectivity index (χ3v) is 3.43. The van der Waals surface area contributed by atoms with E-state index in [4.69, 9.17) is 4.74 Å². The van der Waals surface area contributed by atoms with E-state index in [0.29, 0.717) is 12.3 Å². The maximum Gasteiger partial charge on any atom is 0.326 e. The Labute approximate surface area is 123 Å². The number of hydrogen-bond acceptors (Lipinski definition) is 2. The number of para-hydroxylation sites is 2. The monoisotopic (exact) mass is 280 g/mol.